The molecule has 1 aromatic heterocycles. The van der Waals surface area contributed by atoms with Crippen LogP contribution in [0.1, 0.15) is 38.2 Å². The molecule has 0 unspecified atom stereocenters. The quantitative estimate of drug-likeness (QED) is 0.560. The van der Waals surface area contributed by atoms with Crippen LogP contribution in [0.25, 0.3) is 10.8 Å². The van der Waals surface area contributed by atoms with E-state index in [-0.39, 0.29) is 22.1 Å². The number of hydrogen-bond donors (Lipinski definition) is 1. The van der Waals surface area contributed by atoms with Crippen LogP contribution in [0.2, 0.25) is 0 Å². The summed E-state index contributed by atoms with van der Waals surface area (Å²) in [7, 11) is -3.66. The van der Waals surface area contributed by atoms with Crippen LogP contribution in [0, 0.1) is 5.92 Å². The van der Waals surface area contributed by atoms with Crippen molar-refractivity contribution in [2.75, 3.05) is 18.4 Å². The second-order valence-electron chi connectivity index (χ2n) is 7.85. The fraction of sp³-hybridized carbons (Fsp3) is 0.348. The fourth-order valence-corrected chi connectivity index (χ4v) is 5.01. The Balaban J connectivity index is 2.01. The third-order valence-corrected chi connectivity index (χ3v) is 7.10. The van der Waals surface area contributed by atoms with Gasteiger partial charge in [0.1, 0.15) is 0 Å². The van der Waals surface area contributed by atoms with E-state index >= 15 is 0 Å². The summed E-state index contributed by atoms with van der Waals surface area (Å²) in [5, 5.41) is 7.92. The Morgan fingerprint density at radius 2 is 1.72 bits per heavy atom. The number of carbonyl (C=O) groups excluding carboxylic acids is 1. The Labute approximate surface area is 187 Å². The van der Waals surface area contributed by atoms with Crippen molar-refractivity contribution in [2.45, 2.75) is 39.1 Å². The highest BCUT2D eigenvalue weighted by atomic mass is 32.2. The molecule has 1 N–H and O–H groups in total. The van der Waals surface area contributed by atoms with Gasteiger partial charge in [-0.3, -0.25) is 9.59 Å². The van der Waals surface area contributed by atoms with Gasteiger partial charge in [0.15, 0.2) is 5.69 Å². The molecule has 170 valence electrons. The lowest BCUT2D eigenvalue weighted by Gasteiger charge is -2.19. The standard InChI is InChI=1S/C23H28N4O4S/c1-5-26(6-2)32(30,31)18-11-9-10-17(14-18)24-22(28)21-19-12-7-8-13-20(19)23(29)27(25-21)15-16(3)4/h7-14,16H,5-6,15H2,1-4H3,(H,24,28). The van der Waals surface area contributed by atoms with Crippen LogP contribution in [-0.2, 0) is 16.6 Å². The first-order chi connectivity index (χ1) is 15.2. The van der Waals surface area contributed by atoms with Crippen molar-refractivity contribution in [3.8, 4) is 0 Å². The van der Waals surface area contributed by atoms with E-state index in [9.17, 15) is 18.0 Å². The van der Waals surface area contributed by atoms with E-state index in [2.05, 4.69) is 10.4 Å². The van der Waals surface area contributed by atoms with Crippen LogP contribution >= 0.6 is 0 Å². The molecule has 0 aliphatic heterocycles. The maximum Gasteiger partial charge on any atom is 0.276 e. The number of rotatable bonds is 8. The Morgan fingerprint density at radius 3 is 2.34 bits per heavy atom. The number of amides is 1. The van der Waals surface area contributed by atoms with Crippen molar-refractivity contribution in [2.24, 2.45) is 5.92 Å². The highest BCUT2D eigenvalue weighted by Gasteiger charge is 2.23. The van der Waals surface area contributed by atoms with Gasteiger partial charge in [-0.2, -0.15) is 9.40 Å². The minimum Gasteiger partial charge on any atom is -0.321 e. The van der Waals surface area contributed by atoms with Crippen molar-refractivity contribution < 1.29 is 13.2 Å². The molecule has 0 atom stereocenters. The molecular formula is C23H28N4O4S. The van der Waals surface area contributed by atoms with Gasteiger partial charge >= 0.3 is 0 Å². The Bertz CT molecular complexity index is 1290. The Kier molecular flexibility index (Phi) is 7.10. The van der Waals surface area contributed by atoms with Gasteiger partial charge in [-0.05, 0) is 30.2 Å². The topological polar surface area (TPSA) is 101 Å². The average molecular weight is 457 g/mol. The van der Waals surface area contributed by atoms with Gasteiger partial charge in [-0.15, -0.1) is 0 Å². The molecule has 0 bridgehead atoms. The largest absolute Gasteiger partial charge is 0.321 e. The second-order valence-corrected chi connectivity index (χ2v) is 9.78. The smallest absolute Gasteiger partial charge is 0.276 e. The number of hydrogen-bond acceptors (Lipinski definition) is 5. The SMILES string of the molecule is CCN(CC)S(=O)(=O)c1cccc(NC(=O)c2nn(CC(C)C)c(=O)c3ccccc23)c1. The van der Waals surface area contributed by atoms with E-state index in [1.54, 1.807) is 50.2 Å². The van der Waals surface area contributed by atoms with E-state index in [0.717, 1.165) is 0 Å². The summed E-state index contributed by atoms with van der Waals surface area (Å²) >= 11 is 0. The predicted molar refractivity (Wildman–Crippen MR) is 125 cm³/mol. The average Bonchev–Trinajstić information content (AvgIpc) is 2.76. The molecule has 0 saturated heterocycles. The van der Waals surface area contributed by atoms with Crippen LogP contribution in [0.15, 0.2) is 58.2 Å². The van der Waals surface area contributed by atoms with Gasteiger partial charge in [-0.25, -0.2) is 13.1 Å². The minimum atomic E-state index is -3.66. The van der Waals surface area contributed by atoms with Crippen molar-refractivity contribution in [1.82, 2.24) is 14.1 Å². The summed E-state index contributed by atoms with van der Waals surface area (Å²) in [5.74, 6) is -0.352. The van der Waals surface area contributed by atoms with Gasteiger partial charge in [0.2, 0.25) is 10.0 Å². The third kappa shape index (κ3) is 4.73. The molecule has 0 aliphatic carbocycles. The Morgan fingerprint density at radius 1 is 1.06 bits per heavy atom. The van der Waals surface area contributed by atoms with Gasteiger partial charge in [0.25, 0.3) is 11.5 Å². The number of nitrogens with one attached hydrogen (secondary N) is 1. The third-order valence-electron chi connectivity index (χ3n) is 5.06. The van der Waals surface area contributed by atoms with Crippen LogP contribution in [0.4, 0.5) is 5.69 Å². The van der Waals surface area contributed by atoms with E-state index < -0.39 is 15.9 Å². The maximum absolute atomic E-state index is 13.1. The molecule has 0 spiro atoms. The fourth-order valence-electron chi connectivity index (χ4n) is 3.51. The van der Waals surface area contributed by atoms with Crippen molar-refractivity contribution in [1.29, 1.82) is 0 Å². The molecule has 1 amide bonds. The summed E-state index contributed by atoms with van der Waals surface area (Å²) in [6.07, 6.45) is 0. The first-order valence-corrected chi connectivity index (χ1v) is 12.0. The van der Waals surface area contributed by atoms with E-state index in [1.165, 1.54) is 21.1 Å². The summed E-state index contributed by atoms with van der Waals surface area (Å²) in [5.41, 5.74) is 0.187. The zero-order valence-corrected chi connectivity index (χ0v) is 19.5. The highest BCUT2D eigenvalue weighted by molar-refractivity contribution is 7.89. The second kappa shape index (κ2) is 9.62. The molecule has 3 rings (SSSR count). The number of anilines is 1. The summed E-state index contributed by atoms with van der Waals surface area (Å²) < 4.78 is 28.3. The molecule has 0 aliphatic rings. The van der Waals surface area contributed by atoms with Crippen LogP contribution < -0.4 is 10.9 Å². The van der Waals surface area contributed by atoms with Crippen molar-refractivity contribution in [3.05, 3.63) is 64.6 Å². The molecular weight excluding hydrogens is 428 g/mol. The first-order valence-electron chi connectivity index (χ1n) is 10.6. The number of sulfonamides is 1. The number of fused-ring (bicyclic) bond motifs is 1. The lowest BCUT2D eigenvalue weighted by molar-refractivity contribution is 0.102. The lowest BCUT2D eigenvalue weighted by atomic mass is 10.1. The van der Waals surface area contributed by atoms with Gasteiger partial charge in [0, 0.05) is 30.7 Å². The highest BCUT2D eigenvalue weighted by Crippen LogP contribution is 2.21. The summed E-state index contributed by atoms with van der Waals surface area (Å²) in [4.78, 5) is 26.0. The number of carbonyl (C=O) groups is 1. The van der Waals surface area contributed by atoms with Crippen LogP contribution in [-0.4, -0.2) is 41.5 Å². The number of nitrogens with zero attached hydrogens (tertiary/aromatic N) is 3. The van der Waals surface area contributed by atoms with Gasteiger partial charge in [0.05, 0.1) is 10.3 Å². The molecule has 1 heterocycles. The molecule has 2 aromatic carbocycles. The molecule has 0 radical (unpaired) electrons. The van der Waals surface area contributed by atoms with Gasteiger partial charge in [-0.1, -0.05) is 52.0 Å². The summed E-state index contributed by atoms with van der Waals surface area (Å²) in [6, 6.07) is 13.0. The normalized spacial score (nSPS) is 11.9. The Hall–Kier alpha value is -3.04. The zero-order valence-electron chi connectivity index (χ0n) is 18.7. The zero-order chi connectivity index (χ0) is 23.5. The lowest BCUT2D eigenvalue weighted by Crippen LogP contribution is -2.30. The summed E-state index contributed by atoms with van der Waals surface area (Å²) in [6.45, 7) is 8.55. The monoisotopic (exact) mass is 456 g/mol. The number of aromatic nitrogens is 2. The van der Waals surface area contributed by atoms with Gasteiger partial charge < -0.3 is 5.32 Å². The number of benzene rings is 2. The molecule has 8 nitrogen and oxygen atoms in total. The van der Waals surface area contributed by atoms with E-state index in [4.69, 9.17) is 0 Å². The predicted octanol–water partition coefficient (Wildman–Crippen LogP) is 3.34. The van der Waals surface area contributed by atoms with Crippen LogP contribution in [0.5, 0.6) is 0 Å². The molecule has 3 aromatic rings. The first kappa shape index (κ1) is 23.6. The molecule has 0 saturated carbocycles. The van der Waals surface area contributed by atoms with E-state index in [0.29, 0.717) is 36.1 Å². The van der Waals surface area contributed by atoms with Crippen LogP contribution in [0.3, 0.4) is 0 Å². The molecule has 32 heavy (non-hydrogen) atoms. The maximum atomic E-state index is 13.1. The van der Waals surface area contributed by atoms with Crippen molar-refractivity contribution in [3.63, 3.8) is 0 Å². The molecule has 9 heteroatoms. The molecule has 0 fully saturated rings. The minimum absolute atomic E-state index is 0.0987. The van der Waals surface area contributed by atoms with Crippen molar-refractivity contribution >= 4 is 32.4 Å². The van der Waals surface area contributed by atoms with E-state index in [1.807, 2.05) is 13.8 Å².